The van der Waals surface area contributed by atoms with E-state index in [0.717, 1.165) is 5.56 Å². The van der Waals surface area contributed by atoms with Gasteiger partial charge in [-0.15, -0.1) is 0 Å². The molecule has 5 rings (SSSR count). The second-order valence-corrected chi connectivity index (χ2v) is 11.2. The Labute approximate surface area is 238 Å². The van der Waals surface area contributed by atoms with Crippen LogP contribution in [0.1, 0.15) is 44.2 Å². The summed E-state index contributed by atoms with van der Waals surface area (Å²) < 4.78 is 41.7. The first-order chi connectivity index (χ1) is 19.2. The minimum absolute atomic E-state index is 0.0716. The lowest BCUT2D eigenvalue weighted by atomic mass is 9.78. The summed E-state index contributed by atoms with van der Waals surface area (Å²) in [5.41, 5.74) is -0.0480. The molecule has 1 saturated heterocycles. The van der Waals surface area contributed by atoms with Crippen molar-refractivity contribution in [3.05, 3.63) is 89.2 Å². The first-order valence-electron chi connectivity index (χ1n) is 13.6. The largest absolute Gasteiger partial charge is 0.371 e. The molecule has 0 spiro atoms. The van der Waals surface area contributed by atoms with Gasteiger partial charge in [0.05, 0.1) is 31.7 Å². The molecule has 10 heteroatoms. The van der Waals surface area contributed by atoms with Crippen molar-refractivity contribution in [1.82, 2.24) is 14.9 Å². The molecule has 3 aromatic rings. The molecular weight excluding hydrogens is 537 g/mol. The molecule has 1 amide bonds. The lowest BCUT2D eigenvalue weighted by Crippen LogP contribution is -2.60. The van der Waals surface area contributed by atoms with Crippen LogP contribution in [0.4, 0.5) is 4.39 Å². The summed E-state index contributed by atoms with van der Waals surface area (Å²) in [6.45, 7) is 5.04. The van der Waals surface area contributed by atoms with Crippen LogP contribution in [0.15, 0.2) is 67.3 Å². The van der Waals surface area contributed by atoms with Crippen molar-refractivity contribution in [2.45, 2.75) is 82.6 Å². The van der Waals surface area contributed by atoms with Crippen LogP contribution in [0.5, 0.6) is 0 Å². The summed E-state index contributed by atoms with van der Waals surface area (Å²) in [5.74, 6) is -1.52. The van der Waals surface area contributed by atoms with Gasteiger partial charge < -0.3 is 28.8 Å². The lowest BCUT2D eigenvalue weighted by molar-refractivity contribution is -0.183. The topological polar surface area (TPSA) is 83.8 Å². The third kappa shape index (κ3) is 6.90. The molecule has 8 nitrogen and oxygen atoms in total. The second-order valence-electron chi connectivity index (χ2n) is 10.8. The number of nitrogens with one attached hydrogen (secondary N) is 1. The highest BCUT2D eigenvalue weighted by molar-refractivity contribution is 6.30. The van der Waals surface area contributed by atoms with Crippen LogP contribution in [0, 0.1) is 5.82 Å². The summed E-state index contributed by atoms with van der Waals surface area (Å²) in [6.07, 6.45) is 5.15. The number of hydrogen-bond acceptors (Lipinski definition) is 6. The van der Waals surface area contributed by atoms with Gasteiger partial charge in [-0.2, -0.15) is 0 Å². The first kappa shape index (κ1) is 28.7. The van der Waals surface area contributed by atoms with Gasteiger partial charge in [-0.05, 0) is 44.0 Å². The Bertz CT molecular complexity index is 1290. The van der Waals surface area contributed by atoms with Gasteiger partial charge in [0.2, 0.25) is 0 Å². The summed E-state index contributed by atoms with van der Waals surface area (Å²) >= 11 is 6.18. The van der Waals surface area contributed by atoms with E-state index in [4.69, 9.17) is 30.5 Å². The number of fused-ring (bicyclic) bond motifs is 1. The van der Waals surface area contributed by atoms with E-state index in [-0.39, 0.29) is 37.8 Å². The Kier molecular flexibility index (Phi) is 8.87. The zero-order chi connectivity index (χ0) is 28.2. The van der Waals surface area contributed by atoms with E-state index < -0.39 is 29.7 Å². The number of imidazole rings is 1. The maximum atomic E-state index is 14.5. The molecule has 1 N–H and O–H groups in total. The van der Waals surface area contributed by atoms with Gasteiger partial charge >= 0.3 is 0 Å². The molecule has 0 bridgehead atoms. The van der Waals surface area contributed by atoms with Gasteiger partial charge in [0.1, 0.15) is 11.9 Å². The van der Waals surface area contributed by atoms with Crippen LogP contribution < -0.4 is 5.32 Å². The van der Waals surface area contributed by atoms with E-state index in [0.29, 0.717) is 30.1 Å². The molecule has 1 unspecified atom stereocenters. The van der Waals surface area contributed by atoms with Crippen LogP contribution >= 0.6 is 11.6 Å². The maximum Gasteiger partial charge on any atom is 0.252 e. The van der Waals surface area contributed by atoms with Crippen LogP contribution in [-0.2, 0) is 43.5 Å². The number of ether oxygens (including phenoxy) is 4. The smallest absolute Gasteiger partial charge is 0.252 e. The zero-order valence-electron chi connectivity index (χ0n) is 22.7. The second kappa shape index (κ2) is 12.4. The normalized spacial score (nSPS) is 25.4. The number of hydrogen-bond donors (Lipinski definition) is 1. The maximum absolute atomic E-state index is 14.5. The van der Waals surface area contributed by atoms with Crippen molar-refractivity contribution >= 4 is 17.5 Å². The average molecular weight is 572 g/mol. The van der Waals surface area contributed by atoms with Gasteiger partial charge in [-0.1, -0.05) is 41.9 Å². The van der Waals surface area contributed by atoms with E-state index >= 15 is 0 Å². The zero-order valence-corrected chi connectivity index (χ0v) is 23.5. The van der Waals surface area contributed by atoms with Crippen molar-refractivity contribution in [3.63, 3.8) is 0 Å². The van der Waals surface area contributed by atoms with E-state index in [1.54, 1.807) is 36.8 Å². The van der Waals surface area contributed by atoms with Gasteiger partial charge in [0.15, 0.2) is 11.4 Å². The molecule has 214 valence electrons. The highest BCUT2D eigenvalue weighted by Crippen LogP contribution is 2.44. The minimum atomic E-state index is -1.32. The van der Waals surface area contributed by atoms with Gasteiger partial charge in [0, 0.05) is 48.9 Å². The van der Waals surface area contributed by atoms with Gasteiger partial charge in [-0.3, -0.25) is 4.79 Å². The fourth-order valence-electron chi connectivity index (χ4n) is 5.41. The minimum Gasteiger partial charge on any atom is -0.371 e. The van der Waals surface area contributed by atoms with E-state index in [1.807, 2.05) is 42.8 Å². The third-order valence-electron chi connectivity index (χ3n) is 7.32. The van der Waals surface area contributed by atoms with Crippen LogP contribution in [-0.4, -0.2) is 51.7 Å². The molecule has 2 fully saturated rings. The fraction of sp³-hybridized carbons (Fsp3) is 0.467. The average Bonchev–Trinajstić information content (AvgIpc) is 3.55. The molecule has 2 aromatic carbocycles. The van der Waals surface area contributed by atoms with E-state index in [2.05, 4.69) is 10.3 Å². The standard InChI is InChI=1S/C30H35ClFN3O5/c1-29(2)39-26-17-30(38-19-22-8-3-4-10-24(22)32,28(36)34-11-6-13-35-14-12-33-20-35)16-25(27(26)40-29)37-18-21-7-5-9-23(31)15-21/h3-5,7-10,12,14-15,20,25-27H,6,11,13,16-19H2,1-2H3,(H,34,36)/t25?,26-,27+,30-/m1/s1. The van der Waals surface area contributed by atoms with Crippen molar-refractivity contribution in [3.8, 4) is 0 Å². The van der Waals surface area contributed by atoms with Crippen LogP contribution in [0.3, 0.4) is 0 Å². The van der Waals surface area contributed by atoms with E-state index in [9.17, 15) is 9.18 Å². The molecule has 1 saturated carbocycles. The predicted octanol–water partition coefficient (Wildman–Crippen LogP) is 5.04. The monoisotopic (exact) mass is 571 g/mol. The fourth-order valence-corrected chi connectivity index (χ4v) is 5.63. The predicted molar refractivity (Wildman–Crippen MR) is 147 cm³/mol. The summed E-state index contributed by atoms with van der Waals surface area (Å²) in [5, 5.41) is 3.66. The molecular formula is C30H35ClFN3O5. The quantitative estimate of drug-likeness (QED) is 0.325. The van der Waals surface area contributed by atoms with Crippen LogP contribution in [0.2, 0.25) is 5.02 Å². The number of carbonyl (C=O) groups is 1. The summed E-state index contributed by atoms with van der Waals surface area (Å²) in [4.78, 5) is 17.9. The molecule has 4 atom stereocenters. The highest BCUT2D eigenvalue weighted by Gasteiger charge is 2.58. The van der Waals surface area contributed by atoms with Crippen molar-refractivity contribution < 1.29 is 28.1 Å². The first-order valence-corrected chi connectivity index (χ1v) is 13.9. The van der Waals surface area contributed by atoms with Crippen molar-refractivity contribution in [1.29, 1.82) is 0 Å². The number of aryl methyl sites for hydroxylation is 1. The number of carbonyl (C=O) groups excluding carboxylic acids is 1. The lowest BCUT2D eigenvalue weighted by Gasteiger charge is -2.43. The molecule has 1 aliphatic heterocycles. The van der Waals surface area contributed by atoms with E-state index in [1.165, 1.54) is 6.07 Å². The van der Waals surface area contributed by atoms with Crippen molar-refractivity contribution in [2.75, 3.05) is 6.54 Å². The Morgan fingerprint density at radius 2 is 2.02 bits per heavy atom. The molecule has 2 heterocycles. The molecule has 1 aromatic heterocycles. The summed E-state index contributed by atoms with van der Waals surface area (Å²) in [6, 6.07) is 13.8. The van der Waals surface area contributed by atoms with Gasteiger partial charge in [0.25, 0.3) is 5.91 Å². The molecule has 2 aliphatic rings. The molecule has 1 aliphatic carbocycles. The Balaban J connectivity index is 1.36. The highest BCUT2D eigenvalue weighted by atomic mass is 35.5. The Hall–Kier alpha value is -2.82. The number of rotatable bonds is 11. The number of aromatic nitrogens is 2. The Morgan fingerprint density at radius 1 is 1.18 bits per heavy atom. The van der Waals surface area contributed by atoms with Gasteiger partial charge in [-0.25, -0.2) is 9.37 Å². The SMILES string of the molecule is CC1(C)O[C@@H]2C[C@@](OCc3ccccc3F)(C(=O)NCCCn3ccnc3)CC(OCc3cccc(Cl)c3)[C@@H]2O1. The third-order valence-corrected chi connectivity index (χ3v) is 7.55. The summed E-state index contributed by atoms with van der Waals surface area (Å²) in [7, 11) is 0. The number of benzene rings is 2. The van der Waals surface area contributed by atoms with Crippen LogP contribution in [0.25, 0.3) is 0 Å². The number of amides is 1. The Morgan fingerprint density at radius 3 is 2.80 bits per heavy atom. The number of nitrogens with zero attached hydrogens (tertiary/aromatic N) is 2. The molecule has 0 radical (unpaired) electrons. The molecule has 40 heavy (non-hydrogen) atoms. The van der Waals surface area contributed by atoms with Crippen molar-refractivity contribution in [2.24, 2.45) is 0 Å². The number of halogens is 2.